The first kappa shape index (κ1) is 14.3. The molecule has 0 radical (unpaired) electrons. The summed E-state index contributed by atoms with van der Waals surface area (Å²) in [5, 5.41) is 17.6. The number of carboxylic acid groups (broad SMARTS) is 1. The highest BCUT2D eigenvalue weighted by Gasteiger charge is 2.39. The lowest BCUT2D eigenvalue weighted by Crippen LogP contribution is -2.47. The Bertz CT molecular complexity index is 377. The zero-order valence-corrected chi connectivity index (χ0v) is 11.0. The summed E-state index contributed by atoms with van der Waals surface area (Å²) in [6.07, 6.45) is 0.759. The lowest BCUT2D eigenvalue weighted by atomic mass is 10.0. The Kier molecular flexibility index (Phi) is 4.54. The zero-order chi connectivity index (χ0) is 13.9. The summed E-state index contributed by atoms with van der Waals surface area (Å²) < 4.78 is 0. The van der Waals surface area contributed by atoms with Gasteiger partial charge in [0.05, 0.1) is 18.4 Å². The molecule has 1 heterocycles. The number of likely N-dealkylation sites (tertiary alicyclic amines) is 1. The van der Waals surface area contributed by atoms with Crippen molar-refractivity contribution in [3.8, 4) is 6.07 Å². The fourth-order valence-electron chi connectivity index (χ4n) is 2.20. The van der Waals surface area contributed by atoms with E-state index in [1.54, 1.807) is 25.8 Å². The summed E-state index contributed by atoms with van der Waals surface area (Å²) in [6.45, 7) is 4.02. The minimum atomic E-state index is -0.856. The van der Waals surface area contributed by atoms with E-state index in [-0.39, 0.29) is 24.5 Å². The molecule has 0 bridgehead atoms. The van der Waals surface area contributed by atoms with Gasteiger partial charge in [0.25, 0.3) is 0 Å². The molecule has 0 saturated carbocycles. The average molecular weight is 253 g/mol. The highest BCUT2D eigenvalue weighted by molar-refractivity contribution is 5.78. The minimum absolute atomic E-state index is 0.168. The number of amides is 2. The molecule has 0 aromatic heterocycles. The molecular weight excluding hydrogens is 234 g/mol. The molecule has 1 N–H and O–H groups in total. The first-order valence-corrected chi connectivity index (χ1v) is 6.03. The summed E-state index contributed by atoms with van der Waals surface area (Å²) in [6, 6.07) is 1.36. The third-order valence-electron chi connectivity index (χ3n) is 3.67. The molecule has 3 unspecified atom stereocenters. The predicted octanol–water partition coefficient (Wildman–Crippen LogP) is 1.14. The van der Waals surface area contributed by atoms with Gasteiger partial charge >= 0.3 is 12.0 Å². The van der Waals surface area contributed by atoms with Crippen LogP contribution in [0.15, 0.2) is 0 Å². The first-order chi connectivity index (χ1) is 8.40. The molecule has 3 atom stereocenters. The number of rotatable bonds is 3. The minimum Gasteiger partial charge on any atom is -0.481 e. The molecule has 1 aliphatic heterocycles. The second-order valence-electron chi connectivity index (χ2n) is 4.77. The maximum Gasteiger partial charge on any atom is 0.320 e. The number of urea groups is 1. The maximum atomic E-state index is 12.2. The molecule has 1 saturated heterocycles. The molecule has 1 fully saturated rings. The highest BCUT2D eigenvalue weighted by atomic mass is 16.4. The number of hydrogen-bond donors (Lipinski definition) is 1. The Balaban J connectivity index is 2.69. The van der Waals surface area contributed by atoms with Crippen LogP contribution < -0.4 is 0 Å². The van der Waals surface area contributed by atoms with Crippen LogP contribution in [0.5, 0.6) is 0 Å². The van der Waals surface area contributed by atoms with Crippen molar-refractivity contribution >= 4 is 12.0 Å². The van der Waals surface area contributed by atoms with Gasteiger partial charge in [0.1, 0.15) is 0 Å². The fraction of sp³-hybridized carbons (Fsp3) is 0.750. The zero-order valence-electron chi connectivity index (χ0n) is 11.0. The SMILES string of the molecule is CC(CC#N)N(C)C(=O)N1CCC(C(=O)O)C1C. The molecule has 6 nitrogen and oxygen atoms in total. The van der Waals surface area contributed by atoms with Crippen molar-refractivity contribution in [1.29, 1.82) is 5.26 Å². The van der Waals surface area contributed by atoms with Crippen molar-refractivity contribution in [1.82, 2.24) is 9.80 Å². The van der Waals surface area contributed by atoms with Gasteiger partial charge in [-0.05, 0) is 20.3 Å². The van der Waals surface area contributed by atoms with Crippen LogP contribution in [0.2, 0.25) is 0 Å². The van der Waals surface area contributed by atoms with E-state index in [0.717, 1.165) is 0 Å². The van der Waals surface area contributed by atoms with Gasteiger partial charge in [0.15, 0.2) is 0 Å². The third-order valence-corrected chi connectivity index (χ3v) is 3.67. The molecule has 0 spiro atoms. The van der Waals surface area contributed by atoms with Gasteiger partial charge in [-0.1, -0.05) is 0 Å². The Morgan fingerprint density at radius 1 is 1.61 bits per heavy atom. The van der Waals surface area contributed by atoms with E-state index >= 15 is 0 Å². The normalized spacial score (nSPS) is 24.4. The van der Waals surface area contributed by atoms with Crippen molar-refractivity contribution < 1.29 is 14.7 Å². The predicted molar refractivity (Wildman–Crippen MR) is 64.8 cm³/mol. The lowest BCUT2D eigenvalue weighted by Gasteiger charge is -2.31. The smallest absolute Gasteiger partial charge is 0.320 e. The number of hydrogen-bond acceptors (Lipinski definition) is 3. The van der Waals surface area contributed by atoms with Crippen molar-refractivity contribution in [2.75, 3.05) is 13.6 Å². The number of nitriles is 1. The van der Waals surface area contributed by atoms with Gasteiger partial charge < -0.3 is 14.9 Å². The van der Waals surface area contributed by atoms with Gasteiger partial charge in [0.2, 0.25) is 0 Å². The van der Waals surface area contributed by atoms with E-state index < -0.39 is 11.9 Å². The molecular formula is C12H19N3O3. The second kappa shape index (κ2) is 5.71. The Hall–Kier alpha value is -1.77. The van der Waals surface area contributed by atoms with Crippen LogP contribution in [-0.4, -0.2) is 52.6 Å². The van der Waals surface area contributed by atoms with E-state index in [4.69, 9.17) is 10.4 Å². The number of aliphatic carboxylic acids is 1. The van der Waals surface area contributed by atoms with Crippen LogP contribution in [-0.2, 0) is 4.79 Å². The topological polar surface area (TPSA) is 84.6 Å². The molecule has 100 valence electrons. The molecule has 18 heavy (non-hydrogen) atoms. The van der Waals surface area contributed by atoms with Crippen molar-refractivity contribution in [2.24, 2.45) is 5.92 Å². The van der Waals surface area contributed by atoms with Gasteiger partial charge in [-0.3, -0.25) is 4.79 Å². The number of carbonyl (C=O) groups excluding carboxylic acids is 1. The standard InChI is InChI=1S/C12H19N3O3/c1-8(4-6-13)14(3)12(18)15-7-5-10(9(15)2)11(16)17/h8-10H,4-5,7H2,1-3H3,(H,16,17). The molecule has 0 aromatic carbocycles. The van der Waals surface area contributed by atoms with Crippen LogP contribution in [0.4, 0.5) is 4.79 Å². The van der Waals surface area contributed by atoms with E-state index in [9.17, 15) is 9.59 Å². The van der Waals surface area contributed by atoms with Crippen LogP contribution in [0, 0.1) is 17.2 Å². The molecule has 6 heteroatoms. The number of carbonyl (C=O) groups is 2. The van der Waals surface area contributed by atoms with Crippen LogP contribution >= 0.6 is 0 Å². The van der Waals surface area contributed by atoms with E-state index in [1.807, 2.05) is 6.07 Å². The van der Waals surface area contributed by atoms with E-state index in [1.165, 1.54) is 4.90 Å². The van der Waals surface area contributed by atoms with Crippen LogP contribution in [0.1, 0.15) is 26.7 Å². The van der Waals surface area contributed by atoms with Gasteiger partial charge in [0, 0.05) is 25.7 Å². The fourth-order valence-corrected chi connectivity index (χ4v) is 2.20. The van der Waals surface area contributed by atoms with Gasteiger partial charge in [-0.2, -0.15) is 5.26 Å². The Morgan fingerprint density at radius 2 is 2.22 bits per heavy atom. The summed E-state index contributed by atoms with van der Waals surface area (Å²) >= 11 is 0. The van der Waals surface area contributed by atoms with Crippen LogP contribution in [0.25, 0.3) is 0 Å². The molecule has 0 aliphatic carbocycles. The summed E-state index contributed by atoms with van der Waals surface area (Å²) in [7, 11) is 1.64. The highest BCUT2D eigenvalue weighted by Crippen LogP contribution is 2.25. The van der Waals surface area contributed by atoms with Crippen molar-refractivity contribution in [3.05, 3.63) is 0 Å². The first-order valence-electron chi connectivity index (χ1n) is 6.03. The van der Waals surface area contributed by atoms with E-state index in [2.05, 4.69) is 0 Å². The number of carboxylic acids is 1. The van der Waals surface area contributed by atoms with Crippen LogP contribution in [0.3, 0.4) is 0 Å². The molecule has 1 rings (SSSR count). The molecule has 2 amide bonds. The number of nitrogens with zero attached hydrogens (tertiary/aromatic N) is 3. The van der Waals surface area contributed by atoms with Crippen molar-refractivity contribution in [2.45, 2.75) is 38.8 Å². The van der Waals surface area contributed by atoms with Crippen molar-refractivity contribution in [3.63, 3.8) is 0 Å². The quantitative estimate of drug-likeness (QED) is 0.817. The van der Waals surface area contributed by atoms with Gasteiger partial charge in [-0.25, -0.2) is 4.79 Å². The average Bonchev–Trinajstić information content (AvgIpc) is 2.69. The third kappa shape index (κ3) is 2.73. The van der Waals surface area contributed by atoms with E-state index in [0.29, 0.717) is 13.0 Å². The monoisotopic (exact) mass is 253 g/mol. The lowest BCUT2D eigenvalue weighted by molar-refractivity contribution is -0.142. The largest absolute Gasteiger partial charge is 0.481 e. The molecule has 1 aliphatic rings. The summed E-state index contributed by atoms with van der Waals surface area (Å²) in [5.41, 5.74) is 0. The Labute approximate surface area is 107 Å². The molecule has 0 aromatic rings. The summed E-state index contributed by atoms with van der Waals surface area (Å²) in [4.78, 5) is 26.3. The second-order valence-corrected chi connectivity index (χ2v) is 4.77. The summed E-state index contributed by atoms with van der Waals surface area (Å²) in [5.74, 6) is -1.35. The Morgan fingerprint density at radius 3 is 2.67 bits per heavy atom. The maximum absolute atomic E-state index is 12.2. The van der Waals surface area contributed by atoms with Gasteiger partial charge in [-0.15, -0.1) is 0 Å².